The first-order valence-electron chi connectivity index (χ1n) is 11.5. The molecular weight excluding hydrogens is 372 g/mol. The van der Waals surface area contributed by atoms with Gasteiger partial charge in [0.05, 0.1) is 6.61 Å². The fourth-order valence-electron chi connectivity index (χ4n) is 4.03. The summed E-state index contributed by atoms with van der Waals surface area (Å²) in [6.07, 6.45) is 8.70. The second-order valence-electron chi connectivity index (χ2n) is 8.47. The van der Waals surface area contributed by atoms with Gasteiger partial charge < -0.3 is 15.0 Å². The number of rotatable bonds is 10. The molecule has 2 aromatic carbocycles. The van der Waals surface area contributed by atoms with Crippen LogP contribution in [0.15, 0.2) is 48.5 Å². The number of amides is 1. The van der Waals surface area contributed by atoms with E-state index in [4.69, 9.17) is 4.74 Å². The van der Waals surface area contributed by atoms with E-state index >= 15 is 0 Å². The fraction of sp³-hybridized carbons (Fsp3) is 0.500. The van der Waals surface area contributed by atoms with Crippen molar-refractivity contribution in [1.29, 1.82) is 0 Å². The van der Waals surface area contributed by atoms with E-state index in [-0.39, 0.29) is 5.91 Å². The zero-order chi connectivity index (χ0) is 21.2. The van der Waals surface area contributed by atoms with Crippen molar-refractivity contribution in [2.45, 2.75) is 58.4 Å². The molecule has 30 heavy (non-hydrogen) atoms. The maximum atomic E-state index is 12.7. The van der Waals surface area contributed by atoms with Gasteiger partial charge in [0.25, 0.3) is 5.91 Å². The summed E-state index contributed by atoms with van der Waals surface area (Å²) in [6.45, 7) is 4.55. The van der Waals surface area contributed by atoms with E-state index in [0.717, 1.165) is 49.5 Å². The average molecular weight is 409 g/mol. The molecule has 0 bridgehead atoms. The molecule has 4 nitrogen and oxygen atoms in total. The molecule has 0 atom stereocenters. The van der Waals surface area contributed by atoms with E-state index in [2.05, 4.69) is 24.4 Å². The predicted molar refractivity (Wildman–Crippen MR) is 124 cm³/mol. The monoisotopic (exact) mass is 408 g/mol. The van der Waals surface area contributed by atoms with Gasteiger partial charge in [-0.25, -0.2) is 0 Å². The number of anilines is 1. The van der Waals surface area contributed by atoms with Crippen LogP contribution >= 0.6 is 0 Å². The highest BCUT2D eigenvalue weighted by molar-refractivity contribution is 5.94. The first-order valence-corrected chi connectivity index (χ1v) is 11.5. The number of ether oxygens (including phenoxy) is 1. The summed E-state index contributed by atoms with van der Waals surface area (Å²) in [5.74, 6) is 1.70. The Morgan fingerprint density at radius 1 is 1.03 bits per heavy atom. The highest BCUT2D eigenvalue weighted by Gasteiger charge is 2.19. The van der Waals surface area contributed by atoms with Crippen LogP contribution in [0.3, 0.4) is 0 Å². The van der Waals surface area contributed by atoms with E-state index in [1.807, 2.05) is 48.3 Å². The molecule has 4 heteroatoms. The highest BCUT2D eigenvalue weighted by atomic mass is 16.5. The van der Waals surface area contributed by atoms with Crippen LogP contribution in [0.4, 0.5) is 5.69 Å². The van der Waals surface area contributed by atoms with Gasteiger partial charge in [-0.3, -0.25) is 4.79 Å². The van der Waals surface area contributed by atoms with Crippen molar-refractivity contribution in [3.63, 3.8) is 0 Å². The van der Waals surface area contributed by atoms with Gasteiger partial charge in [-0.05, 0) is 67.1 Å². The van der Waals surface area contributed by atoms with Crippen LogP contribution in [0.2, 0.25) is 0 Å². The van der Waals surface area contributed by atoms with Gasteiger partial charge in [0, 0.05) is 31.4 Å². The molecule has 1 aliphatic rings. The largest absolute Gasteiger partial charge is 0.494 e. The van der Waals surface area contributed by atoms with Gasteiger partial charge in [0.15, 0.2) is 0 Å². The van der Waals surface area contributed by atoms with Crippen LogP contribution in [0.25, 0.3) is 0 Å². The van der Waals surface area contributed by atoms with Crippen LogP contribution in [-0.2, 0) is 6.54 Å². The Labute approximate surface area is 181 Å². The van der Waals surface area contributed by atoms with E-state index < -0.39 is 0 Å². The second kappa shape index (κ2) is 11.6. The van der Waals surface area contributed by atoms with Crippen LogP contribution in [0.5, 0.6) is 5.75 Å². The Kier molecular flexibility index (Phi) is 8.61. The quantitative estimate of drug-likeness (QED) is 0.481. The number of hydrogen-bond donors (Lipinski definition) is 1. The lowest BCUT2D eigenvalue weighted by molar-refractivity contribution is 0.0760. The van der Waals surface area contributed by atoms with Crippen molar-refractivity contribution in [3.8, 4) is 5.75 Å². The molecule has 0 saturated heterocycles. The van der Waals surface area contributed by atoms with Crippen molar-refractivity contribution in [2.24, 2.45) is 5.92 Å². The molecule has 1 fully saturated rings. The normalized spacial score (nSPS) is 14.3. The Hall–Kier alpha value is -2.49. The lowest BCUT2D eigenvalue weighted by Crippen LogP contribution is -2.32. The molecule has 162 valence electrons. The van der Waals surface area contributed by atoms with Crippen molar-refractivity contribution < 1.29 is 9.53 Å². The second-order valence-corrected chi connectivity index (χ2v) is 8.47. The molecule has 1 amide bonds. The summed E-state index contributed by atoms with van der Waals surface area (Å²) in [5.41, 5.74) is 2.97. The van der Waals surface area contributed by atoms with Crippen molar-refractivity contribution in [1.82, 2.24) is 4.90 Å². The summed E-state index contributed by atoms with van der Waals surface area (Å²) in [6, 6.07) is 16.1. The number of hydrogen-bond acceptors (Lipinski definition) is 3. The van der Waals surface area contributed by atoms with Gasteiger partial charge >= 0.3 is 0 Å². The van der Waals surface area contributed by atoms with Gasteiger partial charge in [-0.1, -0.05) is 44.7 Å². The number of unbranched alkanes of at least 4 members (excludes halogenated alkanes) is 1. The van der Waals surface area contributed by atoms with Crippen LogP contribution in [0, 0.1) is 5.92 Å². The third kappa shape index (κ3) is 6.79. The molecule has 0 heterocycles. The van der Waals surface area contributed by atoms with E-state index in [1.54, 1.807) is 0 Å². The highest BCUT2D eigenvalue weighted by Crippen LogP contribution is 2.24. The van der Waals surface area contributed by atoms with Crippen molar-refractivity contribution in [3.05, 3.63) is 59.7 Å². The Balaban J connectivity index is 1.46. The number of nitrogens with one attached hydrogen (secondary N) is 1. The number of benzene rings is 2. The lowest BCUT2D eigenvalue weighted by Gasteiger charge is -2.27. The van der Waals surface area contributed by atoms with Gasteiger partial charge in [-0.15, -0.1) is 0 Å². The lowest BCUT2D eigenvalue weighted by atomic mass is 9.89. The summed E-state index contributed by atoms with van der Waals surface area (Å²) in [7, 11) is 1.93. The molecule has 0 radical (unpaired) electrons. The Bertz CT molecular complexity index is 765. The van der Waals surface area contributed by atoms with Crippen LogP contribution in [-0.4, -0.2) is 31.0 Å². The smallest absolute Gasteiger partial charge is 0.253 e. The SMILES string of the molecule is CCCCOc1ccc(CNc2ccc(C(=O)N(C)CC3CCCCC3)cc2)cc1. The zero-order valence-electron chi connectivity index (χ0n) is 18.5. The maximum absolute atomic E-state index is 12.7. The molecule has 2 aromatic rings. The molecule has 0 aromatic heterocycles. The number of carbonyl (C=O) groups is 1. The van der Waals surface area contributed by atoms with E-state index in [0.29, 0.717) is 5.92 Å². The van der Waals surface area contributed by atoms with Gasteiger partial charge in [0.1, 0.15) is 5.75 Å². The molecular formula is C26H36N2O2. The summed E-state index contributed by atoms with van der Waals surface area (Å²) < 4.78 is 5.71. The van der Waals surface area contributed by atoms with E-state index in [1.165, 1.54) is 37.7 Å². The number of nitrogens with zero attached hydrogens (tertiary/aromatic N) is 1. The molecule has 1 N–H and O–H groups in total. The van der Waals surface area contributed by atoms with Crippen molar-refractivity contribution >= 4 is 11.6 Å². The topological polar surface area (TPSA) is 41.6 Å². The zero-order valence-corrected chi connectivity index (χ0v) is 18.5. The Morgan fingerprint density at radius 2 is 1.73 bits per heavy atom. The van der Waals surface area contributed by atoms with Crippen molar-refractivity contribution in [2.75, 3.05) is 25.5 Å². The van der Waals surface area contributed by atoms with Gasteiger partial charge in [-0.2, -0.15) is 0 Å². The van der Waals surface area contributed by atoms with Crippen LogP contribution in [0.1, 0.15) is 67.8 Å². The first-order chi connectivity index (χ1) is 14.7. The standard InChI is InChI=1S/C26H36N2O2/c1-3-4-18-30-25-16-10-21(11-17-25)19-27-24-14-12-23(13-15-24)26(29)28(2)20-22-8-6-5-7-9-22/h10-17,22,27H,3-9,18-20H2,1-2H3. The summed E-state index contributed by atoms with van der Waals surface area (Å²) in [4.78, 5) is 14.6. The molecule has 0 aliphatic heterocycles. The summed E-state index contributed by atoms with van der Waals surface area (Å²) >= 11 is 0. The first kappa shape index (κ1) is 22.2. The maximum Gasteiger partial charge on any atom is 0.253 e. The van der Waals surface area contributed by atoms with Gasteiger partial charge in [0.2, 0.25) is 0 Å². The average Bonchev–Trinajstić information content (AvgIpc) is 2.79. The van der Waals surface area contributed by atoms with E-state index in [9.17, 15) is 4.79 Å². The molecule has 1 aliphatic carbocycles. The molecule has 0 unspecified atom stereocenters. The molecule has 0 spiro atoms. The number of carbonyl (C=O) groups excluding carboxylic acids is 1. The molecule has 3 rings (SSSR count). The predicted octanol–water partition coefficient (Wildman–Crippen LogP) is 6.13. The fourth-order valence-corrected chi connectivity index (χ4v) is 4.03. The Morgan fingerprint density at radius 3 is 2.40 bits per heavy atom. The molecule has 1 saturated carbocycles. The third-order valence-corrected chi connectivity index (χ3v) is 5.92. The minimum Gasteiger partial charge on any atom is -0.494 e. The minimum atomic E-state index is 0.116. The third-order valence-electron chi connectivity index (χ3n) is 5.92. The minimum absolute atomic E-state index is 0.116. The van der Waals surface area contributed by atoms with Crippen LogP contribution < -0.4 is 10.1 Å². The summed E-state index contributed by atoms with van der Waals surface area (Å²) in [5, 5.41) is 3.43.